The summed E-state index contributed by atoms with van der Waals surface area (Å²) >= 11 is 0. The maximum Gasteiger partial charge on any atom is 0.236 e. The predicted molar refractivity (Wildman–Crippen MR) is 77.2 cm³/mol. The third kappa shape index (κ3) is 3.59. The number of pyridine rings is 1. The zero-order chi connectivity index (χ0) is 13.7. The van der Waals surface area contributed by atoms with E-state index in [1.165, 1.54) is 12.8 Å². The van der Waals surface area contributed by atoms with Gasteiger partial charge in [0.2, 0.25) is 5.91 Å². The first-order chi connectivity index (χ1) is 9.20. The quantitative estimate of drug-likeness (QED) is 0.819. The van der Waals surface area contributed by atoms with Gasteiger partial charge in [0.05, 0.1) is 30.3 Å². The number of anilines is 2. The molecular weight excluding hydrogens is 240 g/mol. The normalized spacial score (nSPS) is 15.4. The highest BCUT2D eigenvalue weighted by molar-refractivity contribution is 5.80. The Bertz CT molecular complexity index is 429. The average molecular weight is 262 g/mol. The fourth-order valence-corrected chi connectivity index (χ4v) is 2.70. The van der Waals surface area contributed by atoms with Gasteiger partial charge in [-0.05, 0) is 25.8 Å². The first kappa shape index (κ1) is 13.6. The van der Waals surface area contributed by atoms with Crippen molar-refractivity contribution in [3.8, 4) is 0 Å². The summed E-state index contributed by atoms with van der Waals surface area (Å²) in [5.74, 6) is -0.291. The molecule has 2 rings (SSSR count). The summed E-state index contributed by atoms with van der Waals surface area (Å²) < 4.78 is 0. The van der Waals surface area contributed by atoms with Crippen LogP contribution in [0.3, 0.4) is 0 Å². The molecule has 0 atom stereocenters. The molecule has 0 spiro atoms. The van der Waals surface area contributed by atoms with Gasteiger partial charge < -0.3 is 16.0 Å². The molecule has 1 aromatic rings. The van der Waals surface area contributed by atoms with E-state index in [4.69, 9.17) is 5.73 Å². The molecule has 1 aliphatic carbocycles. The number of nitrogens with zero attached hydrogens (tertiary/aromatic N) is 2. The number of primary amides is 1. The van der Waals surface area contributed by atoms with Gasteiger partial charge in [0.1, 0.15) is 0 Å². The van der Waals surface area contributed by atoms with Crippen LogP contribution in [0.2, 0.25) is 0 Å². The van der Waals surface area contributed by atoms with Crippen LogP contribution in [0.1, 0.15) is 32.6 Å². The summed E-state index contributed by atoms with van der Waals surface area (Å²) in [6.45, 7) is 3.16. The van der Waals surface area contributed by atoms with Crippen molar-refractivity contribution in [3.05, 3.63) is 18.5 Å². The summed E-state index contributed by atoms with van der Waals surface area (Å²) in [6, 6.07) is 2.45. The number of nitrogens with two attached hydrogens (primary N) is 1. The lowest BCUT2D eigenvalue weighted by atomic mass is 10.2. The molecule has 0 saturated heterocycles. The summed E-state index contributed by atoms with van der Waals surface area (Å²) in [4.78, 5) is 17.6. The van der Waals surface area contributed by atoms with Gasteiger partial charge in [-0.1, -0.05) is 12.8 Å². The molecule has 0 aliphatic heterocycles. The summed E-state index contributed by atoms with van der Waals surface area (Å²) in [6.07, 6.45) is 8.30. The molecule has 1 saturated carbocycles. The zero-order valence-corrected chi connectivity index (χ0v) is 11.4. The highest BCUT2D eigenvalue weighted by Gasteiger charge is 2.24. The Morgan fingerprint density at radius 1 is 1.47 bits per heavy atom. The minimum absolute atomic E-state index is 0.266. The molecule has 1 amide bonds. The lowest BCUT2D eigenvalue weighted by Crippen LogP contribution is -2.40. The van der Waals surface area contributed by atoms with Crippen molar-refractivity contribution in [1.82, 2.24) is 4.98 Å². The smallest absolute Gasteiger partial charge is 0.236 e. The zero-order valence-electron chi connectivity index (χ0n) is 11.4. The highest BCUT2D eigenvalue weighted by atomic mass is 16.1. The van der Waals surface area contributed by atoms with E-state index in [0.29, 0.717) is 6.04 Å². The molecule has 1 aromatic heterocycles. The van der Waals surface area contributed by atoms with Crippen molar-refractivity contribution in [2.75, 3.05) is 23.3 Å². The highest BCUT2D eigenvalue weighted by Crippen LogP contribution is 2.28. The fourth-order valence-electron chi connectivity index (χ4n) is 2.70. The summed E-state index contributed by atoms with van der Waals surface area (Å²) in [5, 5.41) is 3.24. The standard InChI is InChI=1S/C14H22N4O/c1-2-17-11-7-13(9-16-8-11)18(10-14(15)19)12-5-3-4-6-12/h7-9,12,17H,2-6,10H2,1H3,(H2,15,19). The van der Waals surface area contributed by atoms with Gasteiger partial charge in [-0.25, -0.2) is 0 Å². The van der Waals surface area contributed by atoms with Crippen molar-refractivity contribution < 1.29 is 4.79 Å². The monoisotopic (exact) mass is 262 g/mol. The van der Waals surface area contributed by atoms with Gasteiger partial charge in [-0.2, -0.15) is 0 Å². The molecule has 104 valence electrons. The number of hydrogen-bond acceptors (Lipinski definition) is 4. The first-order valence-electron chi connectivity index (χ1n) is 6.94. The van der Waals surface area contributed by atoms with Crippen LogP contribution in [-0.2, 0) is 4.79 Å². The molecule has 0 unspecified atom stereocenters. The molecule has 19 heavy (non-hydrogen) atoms. The van der Waals surface area contributed by atoms with Crippen molar-refractivity contribution in [3.63, 3.8) is 0 Å². The van der Waals surface area contributed by atoms with Crippen LogP contribution in [0.4, 0.5) is 11.4 Å². The van der Waals surface area contributed by atoms with Crippen LogP contribution < -0.4 is 16.0 Å². The number of rotatable bonds is 6. The maximum atomic E-state index is 11.3. The van der Waals surface area contributed by atoms with E-state index >= 15 is 0 Å². The van der Waals surface area contributed by atoms with Gasteiger partial charge in [-0.3, -0.25) is 9.78 Å². The molecule has 3 N–H and O–H groups in total. The number of aromatic nitrogens is 1. The topological polar surface area (TPSA) is 71.2 Å². The van der Waals surface area contributed by atoms with E-state index in [1.54, 1.807) is 6.20 Å². The SMILES string of the molecule is CCNc1cncc(N(CC(N)=O)C2CCCC2)c1. The van der Waals surface area contributed by atoms with Crippen molar-refractivity contribution in [1.29, 1.82) is 0 Å². The number of hydrogen-bond donors (Lipinski definition) is 2. The number of carbonyl (C=O) groups excluding carboxylic acids is 1. The van der Waals surface area contributed by atoms with Gasteiger partial charge >= 0.3 is 0 Å². The van der Waals surface area contributed by atoms with Crippen LogP contribution in [0, 0.1) is 0 Å². The van der Waals surface area contributed by atoms with Crippen LogP contribution in [0.25, 0.3) is 0 Å². The summed E-state index contributed by atoms with van der Waals surface area (Å²) in [7, 11) is 0. The van der Waals surface area contributed by atoms with Crippen LogP contribution in [0.5, 0.6) is 0 Å². The van der Waals surface area contributed by atoms with E-state index in [1.807, 2.05) is 19.2 Å². The molecule has 1 aliphatic rings. The Labute approximate surface area is 114 Å². The van der Waals surface area contributed by atoms with Gasteiger partial charge in [0.25, 0.3) is 0 Å². The van der Waals surface area contributed by atoms with Crippen LogP contribution in [0.15, 0.2) is 18.5 Å². The second-order valence-electron chi connectivity index (χ2n) is 4.99. The lowest BCUT2D eigenvalue weighted by Gasteiger charge is -2.30. The third-order valence-electron chi connectivity index (χ3n) is 3.53. The Kier molecular flexibility index (Phi) is 4.60. The number of carbonyl (C=O) groups is 1. The second kappa shape index (κ2) is 6.41. The number of amides is 1. The Balaban J connectivity index is 2.20. The lowest BCUT2D eigenvalue weighted by molar-refractivity contribution is -0.116. The largest absolute Gasteiger partial charge is 0.384 e. The maximum absolute atomic E-state index is 11.3. The minimum Gasteiger partial charge on any atom is -0.384 e. The van der Waals surface area contributed by atoms with Crippen LogP contribution in [-0.4, -0.2) is 30.0 Å². The molecule has 0 aromatic carbocycles. The van der Waals surface area contributed by atoms with Gasteiger partial charge in [-0.15, -0.1) is 0 Å². The molecular formula is C14H22N4O. The van der Waals surface area contributed by atoms with Crippen molar-refractivity contribution >= 4 is 17.3 Å². The van der Waals surface area contributed by atoms with E-state index in [-0.39, 0.29) is 12.5 Å². The van der Waals surface area contributed by atoms with Gasteiger partial charge in [0.15, 0.2) is 0 Å². The summed E-state index contributed by atoms with van der Waals surface area (Å²) in [5.41, 5.74) is 7.33. The molecule has 5 heteroatoms. The fraction of sp³-hybridized carbons (Fsp3) is 0.571. The van der Waals surface area contributed by atoms with E-state index < -0.39 is 0 Å². The Morgan fingerprint density at radius 3 is 2.84 bits per heavy atom. The predicted octanol–water partition coefficient (Wildman–Crippen LogP) is 1.75. The van der Waals surface area contributed by atoms with Crippen LogP contribution >= 0.6 is 0 Å². The van der Waals surface area contributed by atoms with Crippen molar-refractivity contribution in [2.45, 2.75) is 38.6 Å². The Morgan fingerprint density at radius 2 is 2.21 bits per heavy atom. The molecule has 1 fully saturated rings. The molecule has 0 bridgehead atoms. The average Bonchev–Trinajstić information content (AvgIpc) is 2.90. The second-order valence-corrected chi connectivity index (χ2v) is 4.99. The minimum atomic E-state index is -0.291. The molecule has 1 heterocycles. The van der Waals surface area contributed by atoms with E-state index in [0.717, 1.165) is 30.8 Å². The van der Waals surface area contributed by atoms with E-state index in [2.05, 4.69) is 15.2 Å². The van der Waals surface area contributed by atoms with Gasteiger partial charge in [0, 0.05) is 12.6 Å². The molecule has 0 radical (unpaired) electrons. The third-order valence-corrected chi connectivity index (χ3v) is 3.53. The van der Waals surface area contributed by atoms with E-state index in [9.17, 15) is 4.79 Å². The first-order valence-corrected chi connectivity index (χ1v) is 6.94. The molecule has 5 nitrogen and oxygen atoms in total. The van der Waals surface area contributed by atoms with Crippen molar-refractivity contribution in [2.24, 2.45) is 5.73 Å². The number of nitrogens with one attached hydrogen (secondary N) is 1. The Hall–Kier alpha value is -1.78.